The van der Waals surface area contributed by atoms with Crippen LogP contribution in [0.15, 0.2) is 54.6 Å². The van der Waals surface area contributed by atoms with Gasteiger partial charge in [0.1, 0.15) is 0 Å². The molecule has 3 rings (SSSR count). The number of rotatable bonds is 5. The molecule has 1 heterocycles. The summed E-state index contributed by atoms with van der Waals surface area (Å²) in [5.74, 6) is 0. The number of aliphatic hydroxyl groups is 1. The average Bonchev–Trinajstić information content (AvgIpc) is 2.89. The minimum atomic E-state index is -0.372. The van der Waals surface area contributed by atoms with E-state index in [0.29, 0.717) is 13.2 Å². The fourth-order valence-corrected chi connectivity index (χ4v) is 3.03. The Hall–Kier alpha value is -1.68. The quantitative estimate of drug-likeness (QED) is 0.921. The van der Waals surface area contributed by atoms with E-state index in [1.807, 2.05) is 13.0 Å². The van der Waals surface area contributed by atoms with E-state index in [9.17, 15) is 5.11 Å². The molecule has 0 saturated carbocycles. The zero-order valence-electron chi connectivity index (χ0n) is 13.0. The van der Waals surface area contributed by atoms with Crippen molar-refractivity contribution in [1.29, 1.82) is 0 Å². The SMILES string of the molecule is CCO[C@@H]1CN(Cc2ccc(-c3ccccc3)cc2)C[C@H]1O. The zero-order valence-corrected chi connectivity index (χ0v) is 13.0. The Kier molecular flexibility index (Phi) is 4.88. The molecule has 0 aliphatic carbocycles. The van der Waals surface area contributed by atoms with Crippen LogP contribution in [0.25, 0.3) is 11.1 Å². The maximum atomic E-state index is 9.99. The lowest BCUT2D eigenvalue weighted by atomic mass is 10.0. The topological polar surface area (TPSA) is 32.7 Å². The van der Waals surface area contributed by atoms with Gasteiger partial charge >= 0.3 is 0 Å². The molecule has 2 aromatic carbocycles. The lowest BCUT2D eigenvalue weighted by Crippen LogP contribution is -2.26. The van der Waals surface area contributed by atoms with E-state index in [1.54, 1.807) is 0 Å². The molecular weight excluding hydrogens is 274 g/mol. The lowest BCUT2D eigenvalue weighted by Gasteiger charge is -2.16. The molecule has 22 heavy (non-hydrogen) atoms. The smallest absolute Gasteiger partial charge is 0.0972 e. The Bertz CT molecular complexity index is 582. The third-order valence-electron chi connectivity index (χ3n) is 4.16. The summed E-state index contributed by atoms with van der Waals surface area (Å²) in [6, 6.07) is 19.1. The van der Waals surface area contributed by atoms with Gasteiger partial charge in [-0.2, -0.15) is 0 Å². The van der Waals surface area contributed by atoms with Crippen LogP contribution in [0.4, 0.5) is 0 Å². The fraction of sp³-hybridized carbons (Fsp3) is 0.368. The van der Waals surface area contributed by atoms with Gasteiger partial charge in [-0.25, -0.2) is 0 Å². The van der Waals surface area contributed by atoms with Crippen LogP contribution in [0.3, 0.4) is 0 Å². The van der Waals surface area contributed by atoms with Crippen molar-refractivity contribution < 1.29 is 9.84 Å². The van der Waals surface area contributed by atoms with Crippen LogP contribution in [-0.2, 0) is 11.3 Å². The van der Waals surface area contributed by atoms with Gasteiger partial charge in [-0.3, -0.25) is 4.90 Å². The molecule has 0 radical (unpaired) electrons. The third kappa shape index (κ3) is 3.55. The molecule has 2 aromatic rings. The molecule has 1 fully saturated rings. The minimum absolute atomic E-state index is 0.0476. The van der Waals surface area contributed by atoms with E-state index in [1.165, 1.54) is 16.7 Å². The highest BCUT2D eigenvalue weighted by Crippen LogP contribution is 2.21. The molecule has 3 heteroatoms. The average molecular weight is 297 g/mol. The van der Waals surface area contributed by atoms with Crippen molar-refractivity contribution in [1.82, 2.24) is 4.90 Å². The first kappa shape index (κ1) is 15.2. The largest absolute Gasteiger partial charge is 0.389 e. The molecule has 1 saturated heterocycles. The van der Waals surface area contributed by atoms with Crippen LogP contribution in [0.5, 0.6) is 0 Å². The van der Waals surface area contributed by atoms with Gasteiger partial charge in [0.05, 0.1) is 12.2 Å². The fourth-order valence-electron chi connectivity index (χ4n) is 3.03. The van der Waals surface area contributed by atoms with E-state index in [4.69, 9.17) is 4.74 Å². The number of likely N-dealkylation sites (tertiary alicyclic amines) is 1. The van der Waals surface area contributed by atoms with Crippen molar-refractivity contribution in [3.63, 3.8) is 0 Å². The first-order valence-corrected chi connectivity index (χ1v) is 7.92. The molecule has 0 aromatic heterocycles. The van der Waals surface area contributed by atoms with Crippen LogP contribution < -0.4 is 0 Å². The standard InChI is InChI=1S/C19H23NO2/c1-2-22-19-14-20(13-18(19)21)12-15-8-10-17(11-9-15)16-6-4-3-5-7-16/h3-11,18-19,21H,2,12-14H2,1H3/t18-,19-/m1/s1. The van der Waals surface area contributed by atoms with Crippen LogP contribution in [0, 0.1) is 0 Å². The van der Waals surface area contributed by atoms with Gasteiger partial charge in [0.2, 0.25) is 0 Å². The summed E-state index contributed by atoms with van der Waals surface area (Å²) in [6.07, 6.45) is -0.419. The Morgan fingerprint density at radius 2 is 1.68 bits per heavy atom. The number of hydrogen-bond acceptors (Lipinski definition) is 3. The first-order chi connectivity index (χ1) is 10.8. The summed E-state index contributed by atoms with van der Waals surface area (Å²) in [5.41, 5.74) is 3.74. The van der Waals surface area contributed by atoms with Crippen LogP contribution >= 0.6 is 0 Å². The molecule has 0 bridgehead atoms. The van der Waals surface area contributed by atoms with Crippen molar-refractivity contribution in [2.45, 2.75) is 25.7 Å². The van der Waals surface area contributed by atoms with Crippen molar-refractivity contribution in [2.24, 2.45) is 0 Å². The van der Waals surface area contributed by atoms with Crippen LogP contribution in [0.1, 0.15) is 12.5 Å². The van der Waals surface area contributed by atoms with E-state index in [0.717, 1.165) is 13.1 Å². The van der Waals surface area contributed by atoms with Crippen molar-refractivity contribution >= 4 is 0 Å². The summed E-state index contributed by atoms with van der Waals surface area (Å²) in [4.78, 5) is 2.25. The summed E-state index contributed by atoms with van der Waals surface area (Å²) in [7, 11) is 0. The van der Waals surface area contributed by atoms with E-state index in [-0.39, 0.29) is 12.2 Å². The van der Waals surface area contributed by atoms with E-state index in [2.05, 4.69) is 53.4 Å². The third-order valence-corrected chi connectivity index (χ3v) is 4.16. The number of hydrogen-bond donors (Lipinski definition) is 1. The summed E-state index contributed by atoms with van der Waals surface area (Å²) in [6.45, 7) is 4.97. The maximum Gasteiger partial charge on any atom is 0.0972 e. The predicted molar refractivity (Wildman–Crippen MR) is 88.6 cm³/mol. The molecule has 3 nitrogen and oxygen atoms in total. The number of nitrogens with zero attached hydrogens (tertiary/aromatic N) is 1. The summed E-state index contributed by atoms with van der Waals surface area (Å²) >= 11 is 0. The Balaban J connectivity index is 1.62. The Labute approximate surface area is 132 Å². The second-order valence-electron chi connectivity index (χ2n) is 5.82. The van der Waals surface area contributed by atoms with Crippen LogP contribution in [-0.4, -0.2) is 41.9 Å². The van der Waals surface area contributed by atoms with E-state index < -0.39 is 0 Å². The first-order valence-electron chi connectivity index (χ1n) is 7.92. The molecule has 1 N–H and O–H groups in total. The van der Waals surface area contributed by atoms with E-state index >= 15 is 0 Å². The van der Waals surface area contributed by atoms with Gasteiger partial charge in [0.15, 0.2) is 0 Å². The normalized spacial score (nSPS) is 22.1. The van der Waals surface area contributed by atoms with Crippen LogP contribution in [0.2, 0.25) is 0 Å². The highest BCUT2D eigenvalue weighted by molar-refractivity contribution is 5.63. The van der Waals surface area contributed by atoms with Gasteiger partial charge in [-0.15, -0.1) is 0 Å². The predicted octanol–water partition coefficient (Wildman–Crippen LogP) is 2.94. The molecule has 1 aliphatic rings. The second-order valence-corrected chi connectivity index (χ2v) is 5.82. The van der Waals surface area contributed by atoms with Crippen molar-refractivity contribution in [3.8, 4) is 11.1 Å². The molecule has 1 aliphatic heterocycles. The monoisotopic (exact) mass is 297 g/mol. The number of aliphatic hydroxyl groups excluding tert-OH is 1. The molecule has 0 amide bonds. The number of β-amino-alcohol motifs (C(OH)–C–C–N with tert-alkyl or cyclic N) is 1. The molecule has 116 valence electrons. The highest BCUT2D eigenvalue weighted by Gasteiger charge is 2.31. The van der Waals surface area contributed by atoms with Gasteiger partial charge in [-0.05, 0) is 23.6 Å². The second kappa shape index (κ2) is 7.05. The zero-order chi connectivity index (χ0) is 15.4. The minimum Gasteiger partial charge on any atom is -0.389 e. The van der Waals surface area contributed by atoms with Crippen molar-refractivity contribution in [2.75, 3.05) is 19.7 Å². The lowest BCUT2D eigenvalue weighted by molar-refractivity contribution is -0.00245. The van der Waals surface area contributed by atoms with Crippen molar-refractivity contribution in [3.05, 3.63) is 60.2 Å². The molecule has 0 spiro atoms. The Morgan fingerprint density at radius 1 is 1.00 bits per heavy atom. The van der Waals surface area contributed by atoms with Gasteiger partial charge < -0.3 is 9.84 Å². The summed E-state index contributed by atoms with van der Waals surface area (Å²) < 4.78 is 5.57. The van der Waals surface area contributed by atoms with Gasteiger partial charge in [0.25, 0.3) is 0 Å². The molecule has 0 unspecified atom stereocenters. The summed E-state index contributed by atoms with van der Waals surface area (Å²) in [5, 5.41) is 9.99. The maximum absolute atomic E-state index is 9.99. The molecular formula is C19H23NO2. The number of ether oxygens (including phenoxy) is 1. The highest BCUT2D eigenvalue weighted by atomic mass is 16.5. The molecule has 2 atom stereocenters. The Morgan fingerprint density at radius 3 is 2.36 bits per heavy atom. The number of benzene rings is 2. The van der Waals surface area contributed by atoms with Gasteiger partial charge in [-0.1, -0.05) is 54.6 Å². The van der Waals surface area contributed by atoms with Gasteiger partial charge in [0, 0.05) is 26.2 Å².